The fraction of sp³-hybridized carbons (Fsp3) is 0.562. The number of amides is 1. The lowest BCUT2D eigenvalue weighted by Crippen LogP contribution is -2.49. The average Bonchev–Trinajstić information content (AvgIpc) is 3.43. The molecule has 16 nitrogen and oxygen atoms in total. The zero-order valence-corrected chi connectivity index (χ0v) is 28.8. The number of nitrogens with zero attached hydrogens (tertiary/aromatic N) is 4. The quantitative estimate of drug-likeness (QED) is 0.0811. The smallest absolute Gasteiger partial charge is 0.337 e. The van der Waals surface area contributed by atoms with E-state index in [0.29, 0.717) is 50.0 Å². The summed E-state index contributed by atoms with van der Waals surface area (Å²) in [6.07, 6.45) is -4.76. The van der Waals surface area contributed by atoms with E-state index < -0.39 is 54.9 Å². The Morgan fingerprint density at radius 2 is 1.25 bits per heavy atom. The summed E-state index contributed by atoms with van der Waals surface area (Å²) in [5, 5.41) is 32.8. The lowest BCUT2D eigenvalue weighted by atomic mass is 10.1. The van der Waals surface area contributed by atoms with E-state index in [2.05, 4.69) is 5.32 Å². The number of aliphatic hydroxyl groups excluding tert-OH is 1. The normalized spacial score (nSPS) is 14.0. The van der Waals surface area contributed by atoms with Crippen LogP contribution in [-0.2, 0) is 14.3 Å². The minimum Gasteiger partial charge on any atom is -0.478 e. The fourth-order valence-electron chi connectivity index (χ4n) is 6.36. The van der Waals surface area contributed by atoms with Gasteiger partial charge in [-0.1, -0.05) is 27.7 Å². The van der Waals surface area contributed by atoms with Crippen molar-refractivity contribution in [3.05, 3.63) is 45.0 Å². The highest BCUT2D eigenvalue weighted by Crippen LogP contribution is 2.30. The minimum atomic E-state index is -1.94. The van der Waals surface area contributed by atoms with E-state index in [9.17, 15) is 44.1 Å². The van der Waals surface area contributed by atoms with Crippen molar-refractivity contribution in [3.63, 3.8) is 0 Å². The number of aromatic carboxylic acids is 2. The maximum absolute atomic E-state index is 13.0. The molecule has 0 aliphatic carbocycles. The summed E-state index contributed by atoms with van der Waals surface area (Å²) in [6, 6.07) is 0. The Labute approximate surface area is 279 Å². The van der Waals surface area contributed by atoms with E-state index >= 15 is 0 Å². The summed E-state index contributed by atoms with van der Waals surface area (Å²) in [6.45, 7) is 15.1. The van der Waals surface area contributed by atoms with Crippen molar-refractivity contribution in [2.24, 2.45) is 5.73 Å². The number of hydrogen-bond acceptors (Lipinski definition) is 11. The van der Waals surface area contributed by atoms with E-state index in [1.165, 1.54) is 25.3 Å². The lowest BCUT2D eigenvalue weighted by Gasteiger charge is -2.36. The van der Waals surface area contributed by atoms with Crippen molar-refractivity contribution in [1.82, 2.24) is 24.3 Å². The van der Waals surface area contributed by atoms with Crippen molar-refractivity contribution in [2.45, 2.75) is 86.5 Å². The number of nitrogens with one attached hydrogen (secondary N) is 1. The predicted molar refractivity (Wildman–Crippen MR) is 174 cm³/mol. The zero-order valence-electron chi connectivity index (χ0n) is 28.8. The van der Waals surface area contributed by atoms with Crippen molar-refractivity contribution in [3.8, 4) is 0 Å². The van der Waals surface area contributed by atoms with Crippen molar-refractivity contribution in [1.29, 1.82) is 0 Å². The fourth-order valence-corrected chi connectivity index (χ4v) is 6.36. The van der Waals surface area contributed by atoms with Gasteiger partial charge in [-0.3, -0.25) is 29.9 Å². The van der Waals surface area contributed by atoms with Crippen LogP contribution in [0, 0.1) is 27.7 Å². The van der Waals surface area contributed by atoms with Crippen LogP contribution < -0.4 is 11.1 Å². The molecule has 0 radical (unpaired) electrons. The number of likely N-dealkylation sites (N-methyl/N-ethyl adjacent to an activating group) is 2. The van der Waals surface area contributed by atoms with Gasteiger partial charge in [-0.05, 0) is 65.0 Å². The summed E-state index contributed by atoms with van der Waals surface area (Å²) in [7, 11) is 0. The minimum absolute atomic E-state index is 0.0113. The predicted octanol–water partition coefficient (Wildman–Crippen LogP) is 1.62. The summed E-state index contributed by atoms with van der Waals surface area (Å²) in [5.74, 6) is -4.38. The number of rotatable bonds is 19. The Bertz CT molecular complexity index is 1520. The largest absolute Gasteiger partial charge is 0.478 e. The Hall–Kier alpha value is -4.38. The van der Waals surface area contributed by atoms with Gasteiger partial charge >= 0.3 is 17.9 Å². The third-order valence-electron chi connectivity index (χ3n) is 8.80. The first-order chi connectivity index (χ1) is 22.6. The molecule has 6 N–H and O–H groups in total. The number of nitrogens with two attached hydrogens (primary N) is 1. The van der Waals surface area contributed by atoms with E-state index in [-0.39, 0.29) is 40.3 Å². The van der Waals surface area contributed by atoms with Gasteiger partial charge < -0.3 is 34.5 Å². The first-order valence-electron chi connectivity index (χ1n) is 15.8. The summed E-state index contributed by atoms with van der Waals surface area (Å²) in [4.78, 5) is 77.7. The number of ether oxygens (including phenoxy) is 1. The number of carboxylic acids is 2. The van der Waals surface area contributed by atoms with Crippen molar-refractivity contribution < 1.29 is 48.8 Å². The molecule has 0 aliphatic rings. The molecular formula is C32H48N6O10. The van der Waals surface area contributed by atoms with E-state index in [1.54, 1.807) is 30.2 Å². The number of hydrogen-bond donors (Lipinski definition) is 5. The molecule has 2 rings (SSSR count). The Balaban J connectivity index is 2.31. The number of carboxylic acid groups (broad SMARTS) is 2. The van der Waals surface area contributed by atoms with E-state index in [1.807, 2.05) is 18.7 Å². The SMILES string of the molecule is CCN(CC)C(CNC(=O)CC(O)C(=O)OC(N)C(N(CC)CC)n1c(C)c(C(=O)O)c(C)c1C=O)n1c(C)c(C(=O)O)c(C)c1C=O. The van der Waals surface area contributed by atoms with Crippen LogP contribution in [0.4, 0.5) is 0 Å². The van der Waals surface area contributed by atoms with Crippen LogP contribution in [0.2, 0.25) is 0 Å². The Morgan fingerprint density at radius 1 is 0.812 bits per heavy atom. The molecule has 4 atom stereocenters. The summed E-state index contributed by atoms with van der Waals surface area (Å²) >= 11 is 0. The second-order valence-electron chi connectivity index (χ2n) is 11.3. The standard InChI is InChI=1S/C32H48N6O10/c1-9-35(10-2)25(37-19(7)26(30(43)44)17(5)21(37)15-39)14-34-24(42)13-23(41)32(47)48-28(33)29(36(11-3)12-4)38-20(8)27(31(45)46)18(6)22(38)16-40/h15-16,23,25,28-29,41H,9-14,33H2,1-8H3,(H,34,42)(H,43,44)(H,45,46). The van der Waals surface area contributed by atoms with Gasteiger partial charge in [0, 0.05) is 11.4 Å². The highest BCUT2D eigenvalue weighted by Gasteiger charge is 2.36. The molecule has 0 aromatic carbocycles. The third-order valence-corrected chi connectivity index (χ3v) is 8.80. The van der Waals surface area contributed by atoms with Crippen LogP contribution in [0.5, 0.6) is 0 Å². The molecule has 0 fully saturated rings. The number of esters is 1. The molecular weight excluding hydrogens is 628 g/mol. The average molecular weight is 677 g/mol. The van der Waals surface area contributed by atoms with Gasteiger partial charge in [0.15, 0.2) is 24.9 Å². The van der Waals surface area contributed by atoms with Crippen LogP contribution in [0.1, 0.15) is 111 Å². The molecule has 0 aliphatic heterocycles. The molecule has 266 valence electrons. The van der Waals surface area contributed by atoms with Crippen LogP contribution in [0.25, 0.3) is 0 Å². The van der Waals surface area contributed by atoms with Crippen molar-refractivity contribution >= 4 is 36.4 Å². The molecule has 2 aromatic rings. The molecule has 2 aromatic heterocycles. The number of carbonyl (C=O) groups is 6. The number of aldehydes is 2. The third kappa shape index (κ3) is 8.01. The molecule has 4 unspecified atom stereocenters. The summed E-state index contributed by atoms with van der Waals surface area (Å²) in [5.41, 5.74) is 7.49. The molecule has 2 heterocycles. The van der Waals surface area contributed by atoms with Crippen LogP contribution in [-0.4, -0.2) is 116 Å². The molecule has 1 amide bonds. The number of carbonyl (C=O) groups excluding carboxylic acids is 4. The first kappa shape index (κ1) is 39.8. The number of aliphatic hydroxyl groups is 1. The van der Waals surface area contributed by atoms with Gasteiger partial charge in [0.05, 0.1) is 35.5 Å². The maximum Gasteiger partial charge on any atom is 0.337 e. The van der Waals surface area contributed by atoms with Gasteiger partial charge in [-0.2, -0.15) is 0 Å². The van der Waals surface area contributed by atoms with Gasteiger partial charge in [0.25, 0.3) is 0 Å². The van der Waals surface area contributed by atoms with Gasteiger partial charge in [-0.15, -0.1) is 0 Å². The molecule has 0 saturated carbocycles. The van der Waals surface area contributed by atoms with Crippen LogP contribution in [0.3, 0.4) is 0 Å². The Morgan fingerprint density at radius 3 is 1.67 bits per heavy atom. The first-order valence-corrected chi connectivity index (χ1v) is 15.8. The second kappa shape index (κ2) is 17.1. The Kier molecular flexibility index (Phi) is 14.2. The second-order valence-corrected chi connectivity index (χ2v) is 11.3. The molecule has 0 saturated heterocycles. The molecule has 0 bridgehead atoms. The van der Waals surface area contributed by atoms with Gasteiger partial charge in [0.1, 0.15) is 12.3 Å². The van der Waals surface area contributed by atoms with E-state index in [0.717, 1.165) is 0 Å². The van der Waals surface area contributed by atoms with Gasteiger partial charge in [0.2, 0.25) is 5.91 Å². The highest BCUT2D eigenvalue weighted by atomic mass is 16.6. The summed E-state index contributed by atoms with van der Waals surface area (Å²) < 4.78 is 8.37. The molecule has 0 spiro atoms. The molecule has 16 heteroatoms. The van der Waals surface area contributed by atoms with Gasteiger partial charge in [-0.25, -0.2) is 14.4 Å². The monoisotopic (exact) mass is 676 g/mol. The lowest BCUT2D eigenvalue weighted by molar-refractivity contribution is -0.166. The maximum atomic E-state index is 13.0. The van der Waals surface area contributed by atoms with E-state index in [4.69, 9.17) is 10.5 Å². The highest BCUT2D eigenvalue weighted by molar-refractivity contribution is 5.95. The van der Waals surface area contributed by atoms with Crippen LogP contribution >= 0.6 is 0 Å². The number of aromatic nitrogens is 2. The zero-order chi connectivity index (χ0) is 36.6. The van der Waals surface area contributed by atoms with Crippen LogP contribution in [0.15, 0.2) is 0 Å². The topological polar surface area (TPSA) is 227 Å². The van der Waals surface area contributed by atoms with Crippen molar-refractivity contribution in [2.75, 3.05) is 32.7 Å². The molecule has 48 heavy (non-hydrogen) atoms.